The number of amides is 1. The number of nitrogens with one attached hydrogen (secondary N) is 4. The van der Waals surface area contributed by atoms with Crippen LogP contribution in [0.15, 0.2) is 54.9 Å². The number of fused-ring (bicyclic) bond motifs is 1. The molecule has 0 radical (unpaired) electrons. The molecular weight excluding hydrogens is 466 g/mol. The SMILES string of the molecule is Cc1cnc(-c2cccc(OCC(=O)NC3CCNCC3)c2)nc1Nc1ccc2[nH]ncc2c1.Cl. The highest BCUT2D eigenvalue weighted by Crippen LogP contribution is 2.26. The molecule has 1 saturated heterocycles. The molecule has 0 aliphatic carbocycles. The first-order valence-corrected chi connectivity index (χ1v) is 11.4. The largest absolute Gasteiger partial charge is 0.484 e. The van der Waals surface area contributed by atoms with Gasteiger partial charge in [0.15, 0.2) is 12.4 Å². The number of benzene rings is 2. The summed E-state index contributed by atoms with van der Waals surface area (Å²) in [5.74, 6) is 1.79. The Bertz CT molecular complexity index is 1300. The van der Waals surface area contributed by atoms with E-state index in [0.717, 1.165) is 59.5 Å². The van der Waals surface area contributed by atoms with Crippen LogP contribution < -0.4 is 20.7 Å². The molecule has 0 spiro atoms. The Morgan fingerprint density at radius 3 is 2.86 bits per heavy atom. The van der Waals surface area contributed by atoms with Crippen LogP contribution in [0.4, 0.5) is 11.5 Å². The Labute approximate surface area is 209 Å². The average molecular weight is 494 g/mol. The number of aryl methyl sites for hydroxylation is 1. The van der Waals surface area contributed by atoms with Crippen molar-refractivity contribution >= 4 is 40.7 Å². The third kappa shape index (κ3) is 6.06. The van der Waals surface area contributed by atoms with Gasteiger partial charge < -0.3 is 20.7 Å². The standard InChI is InChI=1S/C25H27N7O2.ClH/c1-16-13-27-25(31-24(16)30-20-5-6-22-18(11-20)14-28-32-22)17-3-2-4-21(12-17)34-15-23(33)29-19-7-9-26-10-8-19;/h2-6,11-14,19,26H,7-10,15H2,1H3,(H,28,32)(H,29,33)(H,27,30,31);1H. The topological polar surface area (TPSA) is 117 Å². The van der Waals surface area contributed by atoms with E-state index in [4.69, 9.17) is 9.72 Å². The van der Waals surface area contributed by atoms with Crippen LogP contribution in [0.3, 0.4) is 0 Å². The maximum absolute atomic E-state index is 12.3. The summed E-state index contributed by atoms with van der Waals surface area (Å²) in [5, 5.41) is 17.7. The number of aromatic amines is 1. The number of piperidine rings is 1. The molecular formula is C25H28ClN7O2. The van der Waals surface area contributed by atoms with Crippen LogP contribution in [-0.2, 0) is 4.79 Å². The van der Waals surface area contributed by atoms with Crippen LogP contribution in [0.2, 0.25) is 0 Å². The van der Waals surface area contributed by atoms with Crippen molar-refractivity contribution in [2.75, 3.05) is 25.0 Å². The molecule has 0 unspecified atom stereocenters. The number of anilines is 2. The summed E-state index contributed by atoms with van der Waals surface area (Å²) in [4.78, 5) is 21.5. The number of aromatic nitrogens is 4. The normalized spacial score (nSPS) is 13.7. The second-order valence-corrected chi connectivity index (χ2v) is 8.43. The maximum atomic E-state index is 12.3. The summed E-state index contributed by atoms with van der Waals surface area (Å²) >= 11 is 0. The molecule has 9 nitrogen and oxygen atoms in total. The van der Waals surface area contributed by atoms with E-state index in [2.05, 4.69) is 31.1 Å². The molecule has 4 aromatic rings. The van der Waals surface area contributed by atoms with Gasteiger partial charge in [-0.3, -0.25) is 9.89 Å². The van der Waals surface area contributed by atoms with Gasteiger partial charge in [-0.05, 0) is 63.2 Å². The average Bonchev–Trinajstić information content (AvgIpc) is 3.33. The number of H-pyrrole nitrogens is 1. The lowest BCUT2D eigenvalue weighted by Gasteiger charge is -2.23. The molecule has 35 heavy (non-hydrogen) atoms. The van der Waals surface area contributed by atoms with E-state index in [0.29, 0.717) is 11.6 Å². The zero-order chi connectivity index (χ0) is 23.3. The number of hydrogen-bond donors (Lipinski definition) is 4. The molecule has 0 bridgehead atoms. The van der Waals surface area contributed by atoms with Crippen LogP contribution in [0, 0.1) is 6.92 Å². The van der Waals surface area contributed by atoms with Crippen molar-refractivity contribution in [2.45, 2.75) is 25.8 Å². The number of hydrogen-bond acceptors (Lipinski definition) is 7. The minimum Gasteiger partial charge on any atom is -0.484 e. The zero-order valence-corrected chi connectivity index (χ0v) is 20.2. The molecule has 1 aliphatic rings. The summed E-state index contributed by atoms with van der Waals surface area (Å²) in [6.45, 7) is 3.80. The van der Waals surface area contributed by atoms with E-state index in [-0.39, 0.29) is 31.0 Å². The Hall–Kier alpha value is -3.69. The number of halogens is 1. The van der Waals surface area contributed by atoms with Crippen LogP contribution >= 0.6 is 12.4 Å². The Kier molecular flexibility index (Phi) is 7.79. The van der Waals surface area contributed by atoms with E-state index in [1.807, 2.05) is 49.4 Å². The predicted octanol–water partition coefficient (Wildman–Crippen LogP) is 3.74. The molecule has 4 N–H and O–H groups in total. The number of ether oxygens (including phenoxy) is 1. The zero-order valence-electron chi connectivity index (χ0n) is 19.4. The molecule has 182 valence electrons. The second-order valence-electron chi connectivity index (χ2n) is 8.43. The molecule has 0 saturated carbocycles. The smallest absolute Gasteiger partial charge is 0.258 e. The third-order valence-electron chi connectivity index (χ3n) is 5.84. The molecule has 3 heterocycles. The van der Waals surface area contributed by atoms with Gasteiger partial charge in [0.2, 0.25) is 0 Å². The van der Waals surface area contributed by atoms with Gasteiger partial charge in [-0.2, -0.15) is 5.10 Å². The first kappa shape index (κ1) is 24.4. The lowest BCUT2D eigenvalue weighted by atomic mass is 10.1. The molecule has 10 heteroatoms. The fraction of sp³-hybridized carbons (Fsp3) is 0.280. The van der Waals surface area contributed by atoms with E-state index >= 15 is 0 Å². The number of carbonyl (C=O) groups is 1. The molecule has 1 amide bonds. The number of nitrogens with zero attached hydrogens (tertiary/aromatic N) is 3. The van der Waals surface area contributed by atoms with Crippen LogP contribution in [0.25, 0.3) is 22.3 Å². The number of carbonyl (C=O) groups excluding carboxylic acids is 1. The van der Waals surface area contributed by atoms with Crippen molar-refractivity contribution in [3.05, 3.63) is 60.4 Å². The van der Waals surface area contributed by atoms with Crippen molar-refractivity contribution in [1.82, 2.24) is 30.8 Å². The highest BCUT2D eigenvalue weighted by atomic mass is 35.5. The number of rotatable bonds is 7. The van der Waals surface area contributed by atoms with Crippen molar-refractivity contribution in [3.63, 3.8) is 0 Å². The van der Waals surface area contributed by atoms with Crippen LogP contribution in [0.1, 0.15) is 18.4 Å². The fourth-order valence-corrected chi connectivity index (χ4v) is 3.97. The van der Waals surface area contributed by atoms with Gasteiger partial charge in [0.1, 0.15) is 11.6 Å². The molecule has 2 aromatic carbocycles. The summed E-state index contributed by atoms with van der Waals surface area (Å²) in [5.41, 5.74) is 3.63. The van der Waals surface area contributed by atoms with E-state index in [9.17, 15) is 4.79 Å². The molecule has 1 fully saturated rings. The molecule has 5 rings (SSSR count). The summed E-state index contributed by atoms with van der Waals surface area (Å²) < 4.78 is 5.75. The third-order valence-corrected chi connectivity index (χ3v) is 5.84. The summed E-state index contributed by atoms with van der Waals surface area (Å²) in [6, 6.07) is 13.7. The van der Waals surface area contributed by atoms with Crippen molar-refractivity contribution in [3.8, 4) is 17.1 Å². The Morgan fingerprint density at radius 1 is 1.14 bits per heavy atom. The lowest BCUT2D eigenvalue weighted by Crippen LogP contribution is -2.44. The Morgan fingerprint density at radius 2 is 2.00 bits per heavy atom. The van der Waals surface area contributed by atoms with Gasteiger partial charge in [0, 0.05) is 34.4 Å². The van der Waals surface area contributed by atoms with Gasteiger partial charge in [0.25, 0.3) is 5.91 Å². The van der Waals surface area contributed by atoms with Crippen LogP contribution in [-0.4, -0.2) is 51.8 Å². The van der Waals surface area contributed by atoms with Crippen LogP contribution in [0.5, 0.6) is 5.75 Å². The first-order chi connectivity index (χ1) is 16.6. The molecule has 0 atom stereocenters. The lowest BCUT2D eigenvalue weighted by molar-refractivity contribution is -0.123. The fourth-order valence-electron chi connectivity index (χ4n) is 3.97. The summed E-state index contributed by atoms with van der Waals surface area (Å²) in [6.07, 6.45) is 5.47. The highest BCUT2D eigenvalue weighted by Gasteiger charge is 2.16. The monoisotopic (exact) mass is 493 g/mol. The minimum atomic E-state index is -0.107. The minimum absolute atomic E-state index is 0. The highest BCUT2D eigenvalue weighted by molar-refractivity contribution is 5.85. The summed E-state index contributed by atoms with van der Waals surface area (Å²) in [7, 11) is 0. The maximum Gasteiger partial charge on any atom is 0.258 e. The van der Waals surface area contributed by atoms with Gasteiger partial charge in [-0.1, -0.05) is 12.1 Å². The quantitative estimate of drug-likeness (QED) is 0.310. The predicted molar refractivity (Wildman–Crippen MR) is 138 cm³/mol. The van der Waals surface area contributed by atoms with E-state index in [1.54, 1.807) is 12.4 Å². The first-order valence-electron chi connectivity index (χ1n) is 11.4. The van der Waals surface area contributed by atoms with Crippen molar-refractivity contribution in [1.29, 1.82) is 0 Å². The van der Waals surface area contributed by atoms with Crippen molar-refractivity contribution < 1.29 is 9.53 Å². The van der Waals surface area contributed by atoms with Crippen molar-refractivity contribution in [2.24, 2.45) is 0 Å². The molecule has 2 aromatic heterocycles. The van der Waals surface area contributed by atoms with Gasteiger partial charge in [-0.15, -0.1) is 12.4 Å². The van der Waals surface area contributed by atoms with Gasteiger partial charge in [0.05, 0.1) is 11.7 Å². The van der Waals surface area contributed by atoms with E-state index in [1.165, 1.54) is 0 Å². The Balaban J connectivity index is 0.00000289. The van der Waals surface area contributed by atoms with Gasteiger partial charge >= 0.3 is 0 Å². The van der Waals surface area contributed by atoms with E-state index < -0.39 is 0 Å². The van der Waals surface area contributed by atoms with Gasteiger partial charge in [-0.25, -0.2) is 9.97 Å². The molecule has 1 aliphatic heterocycles. The second kappa shape index (κ2) is 11.2.